The van der Waals surface area contributed by atoms with Crippen LogP contribution >= 0.6 is 23.2 Å². The van der Waals surface area contributed by atoms with Gasteiger partial charge in [0, 0.05) is 79.4 Å². The van der Waals surface area contributed by atoms with Gasteiger partial charge in [0.2, 0.25) is 5.91 Å². The molecule has 2 aliphatic rings. The van der Waals surface area contributed by atoms with Gasteiger partial charge < -0.3 is 25.4 Å². The van der Waals surface area contributed by atoms with Crippen molar-refractivity contribution >= 4 is 46.6 Å². The Morgan fingerprint density at radius 3 is 2.37 bits per heavy atom. The van der Waals surface area contributed by atoms with Crippen LogP contribution in [-0.4, -0.2) is 76.1 Å². The molecule has 4 aromatic rings. The molecule has 2 aromatic heterocycles. The maximum Gasteiger partial charge on any atom is 0.306 e. The molecular formula is C38H41Cl2FN6O4. The highest BCUT2D eigenvalue weighted by Crippen LogP contribution is 2.42. The monoisotopic (exact) mass is 734 g/mol. The summed E-state index contributed by atoms with van der Waals surface area (Å²) in [6.07, 6.45) is 6.10. The van der Waals surface area contributed by atoms with Gasteiger partial charge in [0.15, 0.2) is 11.6 Å². The van der Waals surface area contributed by atoms with E-state index in [4.69, 9.17) is 27.9 Å². The van der Waals surface area contributed by atoms with E-state index in [2.05, 4.69) is 25.5 Å². The van der Waals surface area contributed by atoms with E-state index in [1.807, 2.05) is 35.2 Å². The third kappa shape index (κ3) is 8.44. The Kier molecular flexibility index (Phi) is 11.7. The van der Waals surface area contributed by atoms with Crippen molar-refractivity contribution in [2.75, 3.05) is 38.6 Å². The summed E-state index contributed by atoms with van der Waals surface area (Å²) in [5, 5.41) is 16.7. The number of amides is 1. The number of carboxylic acids is 1. The van der Waals surface area contributed by atoms with Gasteiger partial charge in [-0.25, -0.2) is 9.37 Å². The Balaban J connectivity index is 1.17. The number of methoxy groups -OCH3 is 1. The molecule has 0 aliphatic carbocycles. The molecule has 2 aromatic carbocycles. The largest absolute Gasteiger partial charge is 0.496 e. The predicted octanol–water partition coefficient (Wildman–Crippen LogP) is 7.41. The summed E-state index contributed by atoms with van der Waals surface area (Å²) in [5.74, 6) is -0.766. The van der Waals surface area contributed by atoms with Crippen molar-refractivity contribution < 1.29 is 23.8 Å². The Morgan fingerprint density at radius 1 is 0.941 bits per heavy atom. The minimum atomic E-state index is -0.780. The molecule has 13 heteroatoms. The fraction of sp³-hybridized carbons (Fsp3) is 0.368. The van der Waals surface area contributed by atoms with Crippen molar-refractivity contribution in [2.45, 2.75) is 51.7 Å². The topological polar surface area (TPSA) is 120 Å². The first-order valence-electron chi connectivity index (χ1n) is 17.1. The van der Waals surface area contributed by atoms with E-state index in [9.17, 15) is 14.7 Å². The van der Waals surface area contributed by atoms with Crippen molar-refractivity contribution in [1.82, 2.24) is 25.1 Å². The van der Waals surface area contributed by atoms with Crippen LogP contribution in [0.15, 0.2) is 60.9 Å². The predicted molar refractivity (Wildman–Crippen MR) is 197 cm³/mol. The number of nitrogens with one attached hydrogen (secondary N) is 2. The second-order valence-corrected chi connectivity index (χ2v) is 13.8. The third-order valence-electron chi connectivity index (χ3n) is 9.81. The van der Waals surface area contributed by atoms with Gasteiger partial charge in [-0.05, 0) is 63.0 Å². The summed E-state index contributed by atoms with van der Waals surface area (Å²) in [5.41, 5.74) is 4.55. The zero-order valence-electron chi connectivity index (χ0n) is 28.6. The lowest BCUT2D eigenvalue weighted by Crippen LogP contribution is -2.43. The molecule has 6 rings (SSSR count). The minimum absolute atomic E-state index is 0.0386. The van der Waals surface area contributed by atoms with Gasteiger partial charge in [-0.15, -0.1) is 0 Å². The van der Waals surface area contributed by atoms with E-state index >= 15 is 4.39 Å². The summed E-state index contributed by atoms with van der Waals surface area (Å²) in [6.45, 7) is 5.26. The Bertz CT molecular complexity index is 1900. The second-order valence-electron chi connectivity index (χ2n) is 13.0. The van der Waals surface area contributed by atoms with Crippen molar-refractivity contribution in [3.63, 3.8) is 0 Å². The first-order chi connectivity index (χ1) is 24.6. The maximum atomic E-state index is 15.7. The lowest BCUT2D eigenvalue weighted by Gasteiger charge is -2.32. The number of rotatable bonds is 11. The number of likely N-dealkylation sites (tertiary alicyclic amines) is 2. The summed E-state index contributed by atoms with van der Waals surface area (Å²) in [4.78, 5) is 35.8. The smallest absolute Gasteiger partial charge is 0.306 e. The molecule has 10 nitrogen and oxygen atoms in total. The van der Waals surface area contributed by atoms with Crippen LogP contribution < -0.4 is 15.4 Å². The number of piperidine rings is 2. The molecule has 0 saturated carbocycles. The van der Waals surface area contributed by atoms with Crippen molar-refractivity contribution in [1.29, 1.82) is 0 Å². The van der Waals surface area contributed by atoms with E-state index in [0.29, 0.717) is 88.9 Å². The number of anilines is 2. The zero-order chi connectivity index (χ0) is 36.1. The van der Waals surface area contributed by atoms with Crippen LogP contribution in [0.2, 0.25) is 10.0 Å². The first kappa shape index (κ1) is 36.5. The minimum Gasteiger partial charge on any atom is -0.496 e. The van der Waals surface area contributed by atoms with Gasteiger partial charge in [-0.3, -0.25) is 19.5 Å². The fourth-order valence-corrected chi connectivity index (χ4v) is 7.38. The van der Waals surface area contributed by atoms with E-state index in [1.54, 1.807) is 44.6 Å². The molecule has 51 heavy (non-hydrogen) atoms. The average molecular weight is 736 g/mol. The van der Waals surface area contributed by atoms with Crippen LogP contribution in [0.1, 0.15) is 43.7 Å². The number of hydrogen-bond acceptors (Lipinski definition) is 8. The number of hydrogen-bond donors (Lipinski definition) is 3. The van der Waals surface area contributed by atoms with Gasteiger partial charge in [-0.1, -0.05) is 47.5 Å². The highest BCUT2D eigenvalue weighted by molar-refractivity contribution is 6.39. The van der Waals surface area contributed by atoms with Gasteiger partial charge in [0.25, 0.3) is 0 Å². The normalized spacial score (nSPS) is 15.9. The number of ether oxygens (including phenoxy) is 1. The van der Waals surface area contributed by atoms with Gasteiger partial charge in [-0.2, -0.15) is 0 Å². The number of aromatic nitrogens is 2. The van der Waals surface area contributed by atoms with Crippen molar-refractivity contribution in [3.05, 3.63) is 87.9 Å². The summed E-state index contributed by atoms with van der Waals surface area (Å²) < 4.78 is 21.5. The molecule has 0 atom stereocenters. The number of carbonyl (C=O) groups is 2. The molecule has 268 valence electrons. The van der Waals surface area contributed by atoms with E-state index in [-0.39, 0.29) is 17.6 Å². The average Bonchev–Trinajstić information content (AvgIpc) is 3.14. The quantitative estimate of drug-likeness (QED) is 0.145. The summed E-state index contributed by atoms with van der Waals surface area (Å²) >= 11 is 14.0. The summed E-state index contributed by atoms with van der Waals surface area (Å²) in [6, 6.07) is 15.0. The van der Waals surface area contributed by atoms with Crippen LogP contribution in [0.25, 0.3) is 22.4 Å². The molecule has 3 N–H and O–H groups in total. The molecule has 0 spiro atoms. The van der Waals surface area contributed by atoms with E-state index < -0.39 is 11.8 Å². The molecule has 2 aliphatic heterocycles. The van der Waals surface area contributed by atoms with Crippen LogP contribution in [0.5, 0.6) is 5.75 Å². The van der Waals surface area contributed by atoms with E-state index in [1.165, 1.54) is 0 Å². The number of carboxylic acid groups (broad SMARTS) is 1. The lowest BCUT2D eigenvalue weighted by atomic mass is 9.97. The third-order valence-corrected chi connectivity index (χ3v) is 10.6. The number of benzene rings is 2. The van der Waals surface area contributed by atoms with Crippen LogP contribution in [0, 0.1) is 11.7 Å². The van der Waals surface area contributed by atoms with Crippen molar-refractivity contribution in [3.8, 4) is 28.1 Å². The number of halogens is 3. The van der Waals surface area contributed by atoms with E-state index in [0.717, 1.165) is 37.1 Å². The first-order valence-corrected chi connectivity index (χ1v) is 17.8. The highest BCUT2D eigenvalue weighted by atomic mass is 35.5. The fourth-order valence-electron chi connectivity index (χ4n) is 6.78. The number of carbonyl (C=O) groups excluding carboxylic acids is 1. The zero-order valence-corrected chi connectivity index (χ0v) is 30.1. The molecule has 1 amide bonds. The Morgan fingerprint density at radius 2 is 1.67 bits per heavy atom. The molecule has 0 bridgehead atoms. The molecule has 4 heterocycles. The van der Waals surface area contributed by atoms with Gasteiger partial charge in [0.05, 0.1) is 34.5 Å². The van der Waals surface area contributed by atoms with Gasteiger partial charge >= 0.3 is 5.97 Å². The number of pyridine rings is 2. The lowest BCUT2D eigenvalue weighted by molar-refractivity contribution is -0.143. The highest BCUT2D eigenvalue weighted by Gasteiger charge is 2.26. The molecule has 0 radical (unpaired) electrons. The van der Waals surface area contributed by atoms with Crippen LogP contribution in [-0.2, 0) is 22.7 Å². The van der Waals surface area contributed by atoms with Crippen LogP contribution in [0.3, 0.4) is 0 Å². The number of nitrogens with zero attached hydrogens (tertiary/aromatic N) is 4. The SMILES string of the molecule is COc1cc(-c2nccc(-c3cccc(Nc4nccc(CN5CCC(C(=O)O)CC5)c4F)c3Cl)c2Cl)ccc1CNC1CCN(C(C)=O)CC1. The maximum absolute atomic E-state index is 15.7. The van der Waals surface area contributed by atoms with Crippen LogP contribution in [0.4, 0.5) is 15.9 Å². The Labute approximate surface area is 306 Å². The molecule has 0 unspecified atom stereocenters. The van der Waals surface area contributed by atoms with Gasteiger partial charge in [0.1, 0.15) is 5.75 Å². The molecule has 2 fully saturated rings. The number of aliphatic carboxylic acids is 1. The molecular weight excluding hydrogens is 694 g/mol. The summed E-state index contributed by atoms with van der Waals surface area (Å²) in [7, 11) is 1.63. The second kappa shape index (κ2) is 16.4. The standard InChI is InChI=1S/C38H41Cl2FN6O4/c1-23(48)47-18-12-28(13-19-47)44-21-26-7-6-25(20-32(26)51-2)36-34(40)30(9-15-42-36)29-4-3-5-31(33(29)39)45-37-35(41)27(8-14-43-37)22-46-16-10-24(11-17-46)38(49)50/h3-9,14-15,20,24,28,44H,10-13,16-19,21-22H2,1-2H3,(H,43,45)(H,49,50). The Hall–Kier alpha value is -4.29. The van der Waals surface area contributed by atoms with Crippen molar-refractivity contribution in [2.24, 2.45) is 5.92 Å². The molecule has 2 saturated heterocycles.